The van der Waals surface area contributed by atoms with Crippen molar-refractivity contribution in [2.24, 2.45) is 5.14 Å². The molecule has 0 saturated carbocycles. The average molecular weight is 280 g/mol. The summed E-state index contributed by atoms with van der Waals surface area (Å²) in [5.74, 6) is 0. The molecule has 2 N–H and O–H groups in total. The topological polar surface area (TPSA) is 103 Å². The Kier molecular flexibility index (Phi) is 4.07. The lowest BCUT2D eigenvalue weighted by Crippen LogP contribution is -2.15. The monoisotopic (exact) mass is 280 g/mol. The Labute approximate surface area is 101 Å². The average Bonchev–Trinajstić information content (AvgIpc) is 2.25. The van der Waals surface area contributed by atoms with Gasteiger partial charge in [0.15, 0.2) is 0 Å². The first-order chi connectivity index (χ1) is 7.81. The molecule has 0 heterocycles. The molecule has 0 aliphatic carbocycles. The molecule has 0 aromatic heterocycles. The van der Waals surface area contributed by atoms with Crippen molar-refractivity contribution in [1.29, 1.82) is 0 Å². The quantitative estimate of drug-likeness (QED) is 0.510. The minimum Gasteiger partial charge on any atom is -0.258 e. The van der Waals surface area contributed by atoms with Crippen LogP contribution in [0.25, 0.3) is 0 Å². The molecule has 0 spiro atoms. The zero-order valence-corrected chi connectivity index (χ0v) is 10.3. The maximum atomic E-state index is 12.7. The SMILES string of the molecule is CSc1cc(CF)c(S(N)(=O)=O)cc1[N+](=O)[O-]. The summed E-state index contributed by atoms with van der Waals surface area (Å²) in [6.45, 7) is -1.06. The summed E-state index contributed by atoms with van der Waals surface area (Å²) in [7, 11) is -4.18. The number of nitro benzene ring substituents is 1. The lowest BCUT2D eigenvalue weighted by molar-refractivity contribution is -0.388. The zero-order valence-electron chi connectivity index (χ0n) is 8.71. The first-order valence-corrected chi connectivity index (χ1v) is 7.02. The van der Waals surface area contributed by atoms with Crippen molar-refractivity contribution in [3.05, 3.63) is 27.8 Å². The van der Waals surface area contributed by atoms with Gasteiger partial charge in [-0.05, 0) is 12.3 Å². The fourth-order valence-corrected chi connectivity index (χ4v) is 2.62. The number of nitrogens with zero attached hydrogens (tertiary/aromatic N) is 1. The molecule has 1 rings (SSSR count). The van der Waals surface area contributed by atoms with Crippen LogP contribution in [-0.4, -0.2) is 19.6 Å². The number of nitro groups is 1. The Morgan fingerprint density at radius 2 is 2.12 bits per heavy atom. The smallest absolute Gasteiger partial charge is 0.258 e. The Morgan fingerprint density at radius 1 is 1.53 bits per heavy atom. The molecule has 1 aromatic rings. The lowest BCUT2D eigenvalue weighted by Gasteiger charge is -2.07. The van der Waals surface area contributed by atoms with Crippen molar-refractivity contribution in [3.63, 3.8) is 0 Å². The number of primary sulfonamides is 1. The van der Waals surface area contributed by atoms with E-state index in [-0.39, 0.29) is 10.5 Å². The second kappa shape index (κ2) is 4.98. The van der Waals surface area contributed by atoms with Crippen molar-refractivity contribution in [1.82, 2.24) is 0 Å². The summed E-state index contributed by atoms with van der Waals surface area (Å²) in [6.07, 6.45) is 1.57. The number of rotatable bonds is 4. The molecule has 94 valence electrons. The van der Waals surface area contributed by atoms with Gasteiger partial charge in [-0.2, -0.15) is 0 Å². The molecule has 1 aromatic carbocycles. The van der Waals surface area contributed by atoms with E-state index >= 15 is 0 Å². The number of nitrogens with two attached hydrogens (primary N) is 1. The van der Waals surface area contributed by atoms with Gasteiger partial charge in [-0.15, -0.1) is 11.8 Å². The highest BCUT2D eigenvalue weighted by Crippen LogP contribution is 2.32. The summed E-state index contributed by atoms with van der Waals surface area (Å²) in [5, 5.41) is 15.6. The molecule has 0 unspecified atom stereocenters. The van der Waals surface area contributed by atoms with Crippen LogP contribution in [0.5, 0.6) is 0 Å². The van der Waals surface area contributed by atoms with Crippen LogP contribution >= 0.6 is 11.8 Å². The van der Waals surface area contributed by atoms with Gasteiger partial charge in [0.25, 0.3) is 5.69 Å². The van der Waals surface area contributed by atoms with E-state index in [9.17, 15) is 22.9 Å². The highest BCUT2D eigenvalue weighted by molar-refractivity contribution is 7.98. The maximum Gasteiger partial charge on any atom is 0.284 e. The third-order valence-corrected chi connectivity index (χ3v) is 3.77. The van der Waals surface area contributed by atoms with Gasteiger partial charge in [-0.3, -0.25) is 10.1 Å². The molecule has 0 aliphatic rings. The van der Waals surface area contributed by atoms with Crippen molar-refractivity contribution in [3.8, 4) is 0 Å². The number of sulfonamides is 1. The number of halogens is 1. The fourth-order valence-electron chi connectivity index (χ4n) is 1.27. The van der Waals surface area contributed by atoms with E-state index in [1.54, 1.807) is 6.26 Å². The first kappa shape index (κ1) is 13.9. The van der Waals surface area contributed by atoms with Gasteiger partial charge in [0.1, 0.15) is 6.67 Å². The number of hydrogen-bond acceptors (Lipinski definition) is 5. The van der Waals surface area contributed by atoms with Gasteiger partial charge in [-0.25, -0.2) is 17.9 Å². The fraction of sp³-hybridized carbons (Fsp3) is 0.250. The number of alkyl halides is 1. The Hall–Kier alpha value is -1.19. The molecule has 0 atom stereocenters. The normalized spacial score (nSPS) is 11.5. The van der Waals surface area contributed by atoms with Crippen LogP contribution in [0, 0.1) is 10.1 Å². The van der Waals surface area contributed by atoms with Crippen LogP contribution in [0.3, 0.4) is 0 Å². The summed E-state index contributed by atoms with van der Waals surface area (Å²) < 4.78 is 35.0. The van der Waals surface area contributed by atoms with Crippen molar-refractivity contribution < 1.29 is 17.7 Å². The molecule has 0 amide bonds. The van der Waals surface area contributed by atoms with Gasteiger partial charge in [0.05, 0.1) is 14.7 Å². The van der Waals surface area contributed by atoms with E-state index < -0.39 is 32.2 Å². The minimum atomic E-state index is -4.18. The van der Waals surface area contributed by atoms with Crippen molar-refractivity contribution in [2.75, 3.05) is 6.26 Å². The van der Waals surface area contributed by atoms with Gasteiger partial charge in [-0.1, -0.05) is 0 Å². The van der Waals surface area contributed by atoms with E-state index in [1.165, 1.54) is 0 Å². The Bertz CT molecular complexity index is 559. The summed E-state index contributed by atoms with van der Waals surface area (Å²) in [4.78, 5) is 9.63. The van der Waals surface area contributed by atoms with E-state index in [0.29, 0.717) is 0 Å². The lowest BCUT2D eigenvalue weighted by atomic mass is 10.2. The third-order valence-electron chi connectivity index (χ3n) is 2.01. The van der Waals surface area contributed by atoms with Gasteiger partial charge in [0, 0.05) is 11.6 Å². The number of hydrogen-bond donors (Lipinski definition) is 1. The standard InChI is InChI=1S/C8H9FN2O4S2/c1-16-7-2-5(4-9)8(17(10,14)15)3-6(7)11(12)13/h2-3H,4H2,1H3,(H2,10,14,15). The molecule has 0 saturated heterocycles. The molecule has 0 fully saturated rings. The van der Waals surface area contributed by atoms with Crippen molar-refractivity contribution in [2.45, 2.75) is 16.5 Å². The van der Waals surface area contributed by atoms with Crippen LogP contribution in [-0.2, 0) is 16.7 Å². The maximum absolute atomic E-state index is 12.7. The highest BCUT2D eigenvalue weighted by atomic mass is 32.2. The van der Waals surface area contributed by atoms with E-state index in [2.05, 4.69) is 0 Å². The highest BCUT2D eigenvalue weighted by Gasteiger charge is 2.22. The second-order valence-electron chi connectivity index (χ2n) is 3.07. The molecular formula is C8H9FN2O4S2. The van der Waals surface area contributed by atoms with Gasteiger partial charge < -0.3 is 0 Å². The first-order valence-electron chi connectivity index (χ1n) is 4.25. The summed E-state index contributed by atoms with van der Waals surface area (Å²) in [5.41, 5.74) is -0.582. The number of benzene rings is 1. The molecule has 17 heavy (non-hydrogen) atoms. The third kappa shape index (κ3) is 2.93. The van der Waals surface area contributed by atoms with Crippen LogP contribution in [0.15, 0.2) is 21.9 Å². The van der Waals surface area contributed by atoms with Gasteiger partial charge in [0.2, 0.25) is 10.0 Å². The van der Waals surface area contributed by atoms with Crippen LogP contribution in [0.2, 0.25) is 0 Å². The van der Waals surface area contributed by atoms with E-state index in [4.69, 9.17) is 5.14 Å². The van der Waals surface area contributed by atoms with Crippen molar-refractivity contribution >= 4 is 27.5 Å². The predicted molar refractivity (Wildman–Crippen MR) is 61.1 cm³/mol. The molecule has 0 bridgehead atoms. The second-order valence-corrected chi connectivity index (χ2v) is 5.45. The predicted octanol–water partition coefficient (Wildman–Crippen LogP) is 1.43. The Balaban J connectivity index is 3.62. The molecule has 0 aliphatic heterocycles. The van der Waals surface area contributed by atoms with E-state index in [0.717, 1.165) is 23.9 Å². The molecule has 6 nitrogen and oxygen atoms in total. The molecular weight excluding hydrogens is 271 g/mol. The molecule has 0 radical (unpaired) electrons. The van der Waals surface area contributed by atoms with Crippen LogP contribution < -0.4 is 5.14 Å². The van der Waals surface area contributed by atoms with Crippen LogP contribution in [0.1, 0.15) is 5.56 Å². The number of thioether (sulfide) groups is 1. The minimum absolute atomic E-state index is 0.178. The zero-order chi connectivity index (χ0) is 13.2. The summed E-state index contributed by atoms with van der Waals surface area (Å²) >= 11 is 1.03. The Morgan fingerprint density at radius 3 is 2.47 bits per heavy atom. The largest absolute Gasteiger partial charge is 0.284 e. The molecule has 9 heteroatoms. The van der Waals surface area contributed by atoms with E-state index in [1.807, 2.05) is 0 Å². The van der Waals surface area contributed by atoms with Crippen LogP contribution in [0.4, 0.5) is 10.1 Å². The van der Waals surface area contributed by atoms with Gasteiger partial charge >= 0.3 is 0 Å². The summed E-state index contributed by atoms with van der Waals surface area (Å²) in [6, 6.07) is 1.92.